The zero-order valence-corrected chi connectivity index (χ0v) is 22.3. The number of hydrogen-bond donors (Lipinski definition) is 4. The van der Waals surface area contributed by atoms with Crippen LogP contribution in [0.5, 0.6) is 0 Å². The number of thioether (sulfide) groups is 1. The van der Waals surface area contributed by atoms with Crippen LogP contribution in [0.15, 0.2) is 0 Å². The van der Waals surface area contributed by atoms with Crippen molar-refractivity contribution >= 4 is 41.5 Å². The molecule has 0 saturated carbocycles. The lowest BCUT2D eigenvalue weighted by Gasteiger charge is -2.34. The van der Waals surface area contributed by atoms with Gasteiger partial charge in [0.05, 0.1) is 12.1 Å². The average Bonchev–Trinajstić information content (AvgIpc) is 3.59. The SMILES string of the molecule is C[C@H]1OC(=O)[C@H]1NC(=O)[C@@H]1CCCN1C(=O)CCCCCNC(=O)CCCC[C@@H]1SC[C@@H]2NC(=O)N[C@@H]21. The maximum Gasteiger partial charge on any atom is 0.332 e. The molecule has 206 valence electrons. The topological polar surface area (TPSA) is 146 Å². The molecule has 4 saturated heterocycles. The third-order valence-corrected chi connectivity index (χ3v) is 9.18. The summed E-state index contributed by atoms with van der Waals surface area (Å²) in [6.07, 6.45) is 7.06. The van der Waals surface area contributed by atoms with Gasteiger partial charge in [-0.2, -0.15) is 11.8 Å². The van der Waals surface area contributed by atoms with E-state index in [-0.39, 0.29) is 41.9 Å². The Kier molecular flexibility index (Phi) is 9.55. The molecule has 5 amide bonds. The van der Waals surface area contributed by atoms with Crippen molar-refractivity contribution in [3.63, 3.8) is 0 Å². The molecule has 37 heavy (non-hydrogen) atoms. The number of hydrogen-bond acceptors (Lipinski definition) is 7. The van der Waals surface area contributed by atoms with Gasteiger partial charge in [-0.3, -0.25) is 14.4 Å². The van der Waals surface area contributed by atoms with E-state index in [9.17, 15) is 24.0 Å². The molecule has 11 nitrogen and oxygen atoms in total. The number of cyclic esters (lactones) is 1. The number of nitrogens with zero attached hydrogens (tertiary/aromatic N) is 1. The van der Waals surface area contributed by atoms with E-state index < -0.39 is 18.1 Å². The highest BCUT2D eigenvalue weighted by Crippen LogP contribution is 2.33. The summed E-state index contributed by atoms with van der Waals surface area (Å²) in [6.45, 7) is 2.88. The monoisotopic (exact) mass is 537 g/mol. The number of esters is 1. The van der Waals surface area contributed by atoms with Crippen molar-refractivity contribution in [2.24, 2.45) is 0 Å². The van der Waals surface area contributed by atoms with E-state index in [1.54, 1.807) is 11.8 Å². The molecule has 0 unspecified atom stereocenters. The van der Waals surface area contributed by atoms with Crippen LogP contribution in [0.1, 0.15) is 71.1 Å². The molecule has 0 bridgehead atoms. The van der Waals surface area contributed by atoms with Gasteiger partial charge in [0, 0.05) is 36.9 Å². The number of unbranched alkanes of at least 4 members (excludes halogenated alkanes) is 3. The third kappa shape index (κ3) is 7.08. The third-order valence-electron chi connectivity index (χ3n) is 7.67. The van der Waals surface area contributed by atoms with Gasteiger partial charge in [-0.05, 0) is 45.4 Å². The summed E-state index contributed by atoms with van der Waals surface area (Å²) in [4.78, 5) is 61.9. The first-order valence-corrected chi connectivity index (χ1v) is 14.6. The molecule has 6 atom stereocenters. The number of amides is 5. The van der Waals surface area contributed by atoms with Crippen molar-refractivity contribution < 1.29 is 28.7 Å². The van der Waals surface area contributed by atoms with E-state index in [1.165, 1.54) is 0 Å². The molecular weight excluding hydrogens is 498 g/mol. The number of ether oxygens (including phenoxy) is 1. The fraction of sp³-hybridized carbons (Fsp3) is 0.800. The van der Waals surface area contributed by atoms with E-state index in [4.69, 9.17) is 4.74 Å². The summed E-state index contributed by atoms with van der Waals surface area (Å²) in [7, 11) is 0. The van der Waals surface area contributed by atoms with E-state index in [0.717, 1.165) is 44.3 Å². The van der Waals surface area contributed by atoms with Crippen LogP contribution in [0.4, 0.5) is 4.79 Å². The molecule has 4 rings (SSSR count). The Bertz CT molecular complexity index is 888. The second kappa shape index (κ2) is 12.8. The number of fused-ring (bicyclic) bond motifs is 1. The zero-order valence-electron chi connectivity index (χ0n) is 21.5. The standard InChI is InChI=1S/C25H39N5O6S/c1-15-21(24(34)36-15)28-23(33)17-8-7-13-30(17)20(32)11-3-2-6-12-26-19(31)10-5-4-9-18-22-16(14-37-18)27-25(35)29-22/h15-18,21-22H,2-14H2,1H3,(H,26,31)(H,28,33)(H2,27,29,35)/t15-,16+,17+,18+,21+,22+/m1/s1. The van der Waals surface area contributed by atoms with Crippen LogP contribution in [0.2, 0.25) is 0 Å². The summed E-state index contributed by atoms with van der Waals surface area (Å²) in [5, 5.41) is 12.0. The van der Waals surface area contributed by atoms with E-state index >= 15 is 0 Å². The van der Waals surface area contributed by atoms with Gasteiger partial charge < -0.3 is 30.9 Å². The molecule has 4 heterocycles. The van der Waals surface area contributed by atoms with Gasteiger partial charge in [0.2, 0.25) is 17.7 Å². The minimum atomic E-state index is -0.618. The van der Waals surface area contributed by atoms with Crippen molar-refractivity contribution in [1.29, 1.82) is 0 Å². The second-order valence-corrected chi connectivity index (χ2v) is 11.7. The van der Waals surface area contributed by atoms with Crippen LogP contribution >= 0.6 is 11.8 Å². The zero-order chi connectivity index (χ0) is 26.4. The quantitative estimate of drug-likeness (QED) is 0.154. The molecule has 0 radical (unpaired) electrons. The number of likely N-dealkylation sites (tertiary alicyclic amines) is 1. The second-order valence-electron chi connectivity index (χ2n) is 10.4. The number of carbonyl (C=O) groups is 5. The highest BCUT2D eigenvalue weighted by molar-refractivity contribution is 8.00. The van der Waals surface area contributed by atoms with Crippen LogP contribution in [0.3, 0.4) is 0 Å². The predicted octanol–water partition coefficient (Wildman–Crippen LogP) is 0.810. The van der Waals surface area contributed by atoms with Crippen molar-refractivity contribution in [1.82, 2.24) is 26.2 Å². The fourth-order valence-electron chi connectivity index (χ4n) is 5.52. The molecule has 4 aliphatic rings. The summed E-state index contributed by atoms with van der Waals surface area (Å²) < 4.78 is 4.87. The molecule has 4 N–H and O–H groups in total. The molecular formula is C25H39N5O6S. The summed E-state index contributed by atoms with van der Waals surface area (Å²) >= 11 is 1.89. The van der Waals surface area contributed by atoms with Gasteiger partial charge in [-0.15, -0.1) is 0 Å². The summed E-state index contributed by atoms with van der Waals surface area (Å²) in [5.41, 5.74) is 0. The molecule has 0 aromatic rings. The lowest BCUT2D eigenvalue weighted by Crippen LogP contribution is -2.61. The molecule has 0 spiro atoms. The van der Waals surface area contributed by atoms with E-state index in [2.05, 4.69) is 21.3 Å². The Hall–Kier alpha value is -2.50. The van der Waals surface area contributed by atoms with Crippen LogP contribution < -0.4 is 21.3 Å². The number of carbonyl (C=O) groups excluding carboxylic acids is 5. The Labute approximate surface area is 221 Å². The minimum Gasteiger partial charge on any atom is -0.458 e. The fourth-order valence-corrected chi connectivity index (χ4v) is 7.06. The molecule has 0 aromatic carbocycles. The Balaban J connectivity index is 1.01. The van der Waals surface area contributed by atoms with Crippen molar-refractivity contribution in [3.05, 3.63) is 0 Å². The number of urea groups is 1. The van der Waals surface area contributed by atoms with Crippen LogP contribution in [-0.4, -0.2) is 89.0 Å². The van der Waals surface area contributed by atoms with Crippen LogP contribution in [0.25, 0.3) is 0 Å². The van der Waals surface area contributed by atoms with Gasteiger partial charge in [0.15, 0.2) is 6.04 Å². The number of nitrogens with one attached hydrogen (secondary N) is 4. The Morgan fingerprint density at radius 3 is 2.68 bits per heavy atom. The highest BCUT2D eigenvalue weighted by atomic mass is 32.2. The molecule has 0 aromatic heterocycles. The lowest BCUT2D eigenvalue weighted by atomic mass is 10.0. The van der Waals surface area contributed by atoms with Gasteiger partial charge in [0.1, 0.15) is 12.1 Å². The molecule has 0 aliphatic carbocycles. The first kappa shape index (κ1) is 27.5. The van der Waals surface area contributed by atoms with Crippen molar-refractivity contribution in [3.8, 4) is 0 Å². The largest absolute Gasteiger partial charge is 0.458 e. The maximum atomic E-state index is 12.7. The highest BCUT2D eigenvalue weighted by Gasteiger charge is 2.44. The molecule has 4 aliphatic heterocycles. The van der Waals surface area contributed by atoms with Gasteiger partial charge >= 0.3 is 12.0 Å². The van der Waals surface area contributed by atoms with Crippen LogP contribution in [0, 0.1) is 0 Å². The summed E-state index contributed by atoms with van der Waals surface area (Å²) in [6, 6.07) is -0.757. The maximum absolute atomic E-state index is 12.7. The Morgan fingerprint density at radius 2 is 1.89 bits per heavy atom. The van der Waals surface area contributed by atoms with E-state index in [0.29, 0.717) is 44.0 Å². The Morgan fingerprint density at radius 1 is 1.08 bits per heavy atom. The van der Waals surface area contributed by atoms with Gasteiger partial charge in [0.25, 0.3) is 0 Å². The molecule has 12 heteroatoms. The normalized spacial score (nSPS) is 30.1. The minimum absolute atomic E-state index is 0.0365. The first-order chi connectivity index (χ1) is 17.8. The average molecular weight is 538 g/mol. The van der Waals surface area contributed by atoms with Gasteiger partial charge in [-0.1, -0.05) is 12.8 Å². The predicted molar refractivity (Wildman–Crippen MR) is 138 cm³/mol. The molecule has 4 fully saturated rings. The smallest absolute Gasteiger partial charge is 0.332 e. The first-order valence-electron chi connectivity index (χ1n) is 13.6. The van der Waals surface area contributed by atoms with Crippen LogP contribution in [-0.2, 0) is 23.9 Å². The summed E-state index contributed by atoms with van der Waals surface area (Å²) in [5.74, 6) is 0.259. The van der Waals surface area contributed by atoms with E-state index in [1.807, 2.05) is 11.8 Å². The van der Waals surface area contributed by atoms with Crippen molar-refractivity contribution in [2.45, 2.75) is 107 Å². The number of rotatable bonds is 13. The van der Waals surface area contributed by atoms with Gasteiger partial charge in [-0.25, -0.2) is 9.59 Å². The lowest BCUT2D eigenvalue weighted by molar-refractivity contribution is -0.176. The van der Waals surface area contributed by atoms with Crippen molar-refractivity contribution in [2.75, 3.05) is 18.8 Å².